The van der Waals surface area contributed by atoms with Crippen LogP contribution in [0.2, 0.25) is 0 Å². The second-order valence-electron chi connectivity index (χ2n) is 4.10. The molecule has 0 fully saturated rings. The molecule has 0 spiro atoms. The first-order valence-electron chi connectivity index (χ1n) is 5.26. The predicted molar refractivity (Wildman–Crippen MR) is 67.8 cm³/mol. The highest BCUT2D eigenvalue weighted by Crippen LogP contribution is 2.28. The molecule has 0 aliphatic heterocycles. The van der Waals surface area contributed by atoms with E-state index < -0.39 is 11.3 Å². The number of nitriles is 1. The summed E-state index contributed by atoms with van der Waals surface area (Å²) in [6.07, 6.45) is 1.54. The number of thioether (sulfide) groups is 1. The fourth-order valence-electron chi connectivity index (χ4n) is 1.30. The molecule has 0 aliphatic carbocycles. The summed E-state index contributed by atoms with van der Waals surface area (Å²) in [5.74, 6) is 0.278. The van der Waals surface area contributed by atoms with Crippen LogP contribution in [0.1, 0.15) is 36.8 Å². The van der Waals surface area contributed by atoms with E-state index in [1.54, 1.807) is 6.20 Å². The molecule has 0 saturated carbocycles. The summed E-state index contributed by atoms with van der Waals surface area (Å²) in [6, 6.07) is 4.03. The Balaban J connectivity index is 3.29. The van der Waals surface area contributed by atoms with Crippen molar-refractivity contribution < 1.29 is 4.79 Å². The van der Waals surface area contributed by atoms with Crippen molar-refractivity contribution in [3.63, 3.8) is 0 Å². The van der Waals surface area contributed by atoms with Crippen molar-refractivity contribution in [2.24, 2.45) is 5.73 Å². The number of nitrogens with zero attached hydrogens (tertiary/aromatic N) is 2. The molecule has 0 aromatic carbocycles. The van der Waals surface area contributed by atoms with Crippen molar-refractivity contribution in [2.45, 2.75) is 31.1 Å². The number of pyridine rings is 1. The van der Waals surface area contributed by atoms with Crippen LogP contribution in [0.4, 0.5) is 0 Å². The molecule has 0 unspecified atom stereocenters. The Kier molecular flexibility index (Phi) is 4.13. The Morgan fingerprint density at radius 1 is 1.65 bits per heavy atom. The maximum absolute atomic E-state index is 11.2. The molecule has 0 radical (unpaired) electrons. The fraction of sp³-hybridized carbons (Fsp3) is 0.417. The number of carbonyl (C=O) groups is 1. The zero-order valence-corrected chi connectivity index (χ0v) is 11.0. The minimum Gasteiger partial charge on any atom is -0.364 e. The van der Waals surface area contributed by atoms with Gasteiger partial charge in [0, 0.05) is 11.1 Å². The molecule has 1 amide bonds. The molecule has 5 heteroatoms. The van der Waals surface area contributed by atoms with E-state index in [-0.39, 0.29) is 5.69 Å². The van der Waals surface area contributed by atoms with E-state index in [4.69, 9.17) is 11.0 Å². The molecular weight excluding hydrogens is 234 g/mol. The topological polar surface area (TPSA) is 79.8 Å². The molecule has 1 heterocycles. The molecule has 90 valence electrons. The lowest BCUT2D eigenvalue weighted by molar-refractivity contribution is 0.0992. The van der Waals surface area contributed by atoms with Gasteiger partial charge in [0.25, 0.3) is 5.91 Å². The van der Waals surface area contributed by atoms with Crippen molar-refractivity contribution in [3.05, 3.63) is 23.5 Å². The van der Waals surface area contributed by atoms with Gasteiger partial charge in [-0.3, -0.25) is 4.79 Å². The Hall–Kier alpha value is -1.54. The molecule has 0 atom stereocenters. The zero-order valence-electron chi connectivity index (χ0n) is 10.2. The first kappa shape index (κ1) is 13.5. The normalized spacial score (nSPS) is 10.9. The number of hydrogen-bond acceptors (Lipinski definition) is 4. The summed E-state index contributed by atoms with van der Waals surface area (Å²) in [7, 11) is 0. The van der Waals surface area contributed by atoms with Gasteiger partial charge in [0.1, 0.15) is 5.69 Å². The monoisotopic (exact) mass is 249 g/mol. The van der Waals surface area contributed by atoms with Crippen molar-refractivity contribution in [3.8, 4) is 6.07 Å². The first-order valence-corrected chi connectivity index (χ1v) is 6.25. The van der Waals surface area contributed by atoms with Crippen LogP contribution in [0.25, 0.3) is 0 Å². The molecule has 1 aromatic heterocycles. The third kappa shape index (κ3) is 2.98. The maximum atomic E-state index is 11.2. The van der Waals surface area contributed by atoms with Gasteiger partial charge in [-0.1, -0.05) is 6.92 Å². The molecule has 2 N–H and O–H groups in total. The first-order chi connectivity index (χ1) is 7.92. The Morgan fingerprint density at radius 3 is 2.76 bits per heavy atom. The number of primary amides is 1. The third-order valence-corrected chi connectivity index (χ3v) is 3.30. The van der Waals surface area contributed by atoms with Crippen LogP contribution in [-0.2, 0) is 5.41 Å². The highest BCUT2D eigenvalue weighted by molar-refractivity contribution is 7.99. The number of carbonyl (C=O) groups excluding carboxylic acids is 1. The van der Waals surface area contributed by atoms with E-state index in [2.05, 4.69) is 11.1 Å². The molecular formula is C12H15N3OS. The Labute approximate surface area is 105 Å². The molecule has 1 rings (SSSR count). The zero-order chi connectivity index (χ0) is 13.1. The number of hydrogen-bond donors (Lipinski definition) is 1. The molecule has 0 aliphatic rings. The van der Waals surface area contributed by atoms with Gasteiger partial charge in [0.05, 0.1) is 11.5 Å². The van der Waals surface area contributed by atoms with Crippen LogP contribution in [0.5, 0.6) is 0 Å². The van der Waals surface area contributed by atoms with Gasteiger partial charge in [0.15, 0.2) is 0 Å². The minimum atomic E-state index is -0.619. The quantitative estimate of drug-likeness (QED) is 0.829. The fourth-order valence-corrected chi connectivity index (χ4v) is 2.11. The molecule has 1 aromatic rings. The molecule has 0 bridgehead atoms. The van der Waals surface area contributed by atoms with Crippen molar-refractivity contribution in [1.29, 1.82) is 5.26 Å². The summed E-state index contributed by atoms with van der Waals surface area (Å²) in [5, 5.41) is 9.07. The lowest BCUT2D eigenvalue weighted by Gasteiger charge is -2.17. The van der Waals surface area contributed by atoms with Gasteiger partial charge in [0.2, 0.25) is 0 Å². The van der Waals surface area contributed by atoms with E-state index >= 15 is 0 Å². The third-order valence-electron chi connectivity index (χ3n) is 2.39. The van der Waals surface area contributed by atoms with Crippen LogP contribution >= 0.6 is 11.8 Å². The standard InChI is InChI=1S/C12H15N3OS/c1-4-17-9-5-8(12(2,3)7-13)6-15-10(9)11(14)16/h5-6H,4H2,1-3H3,(H2,14,16). The molecule has 0 saturated heterocycles. The molecule has 17 heavy (non-hydrogen) atoms. The number of aromatic nitrogens is 1. The summed E-state index contributed by atoms with van der Waals surface area (Å²) in [6.45, 7) is 5.61. The van der Waals surface area contributed by atoms with Gasteiger partial charge >= 0.3 is 0 Å². The van der Waals surface area contributed by atoms with Crippen LogP contribution in [0, 0.1) is 11.3 Å². The van der Waals surface area contributed by atoms with E-state index in [1.807, 2.05) is 26.8 Å². The van der Waals surface area contributed by atoms with Crippen LogP contribution < -0.4 is 5.73 Å². The SMILES string of the molecule is CCSc1cc(C(C)(C)C#N)cnc1C(N)=O. The Bertz CT molecular complexity index is 477. The van der Waals surface area contributed by atoms with Gasteiger partial charge in [-0.05, 0) is 31.2 Å². The number of rotatable bonds is 4. The average Bonchev–Trinajstić information content (AvgIpc) is 2.29. The smallest absolute Gasteiger partial charge is 0.268 e. The van der Waals surface area contributed by atoms with E-state index in [9.17, 15) is 4.79 Å². The van der Waals surface area contributed by atoms with Gasteiger partial charge < -0.3 is 5.73 Å². The second-order valence-corrected chi connectivity index (χ2v) is 5.41. The average molecular weight is 249 g/mol. The second kappa shape index (κ2) is 5.19. The number of nitrogens with two attached hydrogens (primary N) is 1. The van der Waals surface area contributed by atoms with Crippen molar-refractivity contribution in [1.82, 2.24) is 4.98 Å². The molecule has 4 nitrogen and oxygen atoms in total. The van der Waals surface area contributed by atoms with Crippen LogP contribution in [-0.4, -0.2) is 16.6 Å². The summed E-state index contributed by atoms with van der Waals surface area (Å²) in [5.41, 5.74) is 5.70. The van der Waals surface area contributed by atoms with Gasteiger partial charge in [-0.25, -0.2) is 4.98 Å². The highest BCUT2D eigenvalue weighted by Gasteiger charge is 2.22. The van der Waals surface area contributed by atoms with Crippen LogP contribution in [0.3, 0.4) is 0 Å². The maximum Gasteiger partial charge on any atom is 0.268 e. The minimum absolute atomic E-state index is 0.273. The lowest BCUT2D eigenvalue weighted by Crippen LogP contribution is -2.18. The summed E-state index contributed by atoms with van der Waals surface area (Å²) in [4.78, 5) is 16.0. The van der Waals surface area contributed by atoms with E-state index in [0.29, 0.717) is 0 Å². The van der Waals surface area contributed by atoms with Crippen molar-refractivity contribution in [2.75, 3.05) is 5.75 Å². The van der Waals surface area contributed by atoms with Gasteiger partial charge in [-0.15, -0.1) is 11.8 Å². The Morgan fingerprint density at radius 2 is 2.29 bits per heavy atom. The summed E-state index contributed by atoms with van der Waals surface area (Å²) < 4.78 is 0. The van der Waals surface area contributed by atoms with Gasteiger partial charge in [-0.2, -0.15) is 5.26 Å². The van der Waals surface area contributed by atoms with E-state index in [0.717, 1.165) is 16.2 Å². The van der Waals surface area contributed by atoms with Crippen molar-refractivity contribution >= 4 is 17.7 Å². The summed E-state index contributed by atoms with van der Waals surface area (Å²) >= 11 is 1.50. The predicted octanol–water partition coefficient (Wildman–Crippen LogP) is 2.09. The van der Waals surface area contributed by atoms with E-state index in [1.165, 1.54) is 11.8 Å². The number of amides is 1. The largest absolute Gasteiger partial charge is 0.364 e. The van der Waals surface area contributed by atoms with Crippen LogP contribution in [0.15, 0.2) is 17.2 Å². The lowest BCUT2D eigenvalue weighted by atomic mass is 9.87. The highest BCUT2D eigenvalue weighted by atomic mass is 32.2.